The second-order valence-electron chi connectivity index (χ2n) is 5.58. The number of ether oxygens (including phenoxy) is 1. The number of fused-ring (bicyclic) bond motifs is 1. The van der Waals surface area contributed by atoms with Gasteiger partial charge in [-0.2, -0.15) is 0 Å². The van der Waals surface area contributed by atoms with Crippen LogP contribution in [-0.2, 0) is 0 Å². The molecule has 3 rings (SSSR count). The summed E-state index contributed by atoms with van der Waals surface area (Å²) in [6, 6.07) is 22.2. The van der Waals surface area contributed by atoms with Gasteiger partial charge in [-0.3, -0.25) is 0 Å². The molecule has 0 aromatic heterocycles. The van der Waals surface area contributed by atoms with E-state index < -0.39 is 0 Å². The van der Waals surface area contributed by atoms with Crippen LogP contribution in [0.25, 0.3) is 10.8 Å². The van der Waals surface area contributed by atoms with Crippen LogP contribution in [0, 0.1) is 6.92 Å². The molecular formula is C20H21N3O. The fraction of sp³-hybridized carbons (Fsp3) is 0.150. The number of guanidine groups is 1. The normalized spacial score (nSPS) is 11.5. The highest BCUT2D eigenvalue weighted by molar-refractivity contribution is 5.92. The highest BCUT2D eigenvalue weighted by Gasteiger charge is 2.00. The van der Waals surface area contributed by atoms with Gasteiger partial charge in [0.15, 0.2) is 5.96 Å². The quantitative estimate of drug-likeness (QED) is 0.425. The van der Waals surface area contributed by atoms with Crippen LogP contribution in [0.3, 0.4) is 0 Å². The van der Waals surface area contributed by atoms with Crippen molar-refractivity contribution in [1.29, 1.82) is 0 Å². The molecule has 4 nitrogen and oxygen atoms in total. The molecule has 0 aliphatic rings. The Morgan fingerprint density at radius 2 is 1.75 bits per heavy atom. The topological polar surface area (TPSA) is 59.6 Å². The fourth-order valence-electron chi connectivity index (χ4n) is 2.47. The van der Waals surface area contributed by atoms with Crippen molar-refractivity contribution in [3.63, 3.8) is 0 Å². The Hall–Kier alpha value is -3.01. The van der Waals surface area contributed by atoms with Gasteiger partial charge < -0.3 is 15.8 Å². The molecule has 0 atom stereocenters. The minimum atomic E-state index is 0.389. The van der Waals surface area contributed by atoms with E-state index in [-0.39, 0.29) is 0 Å². The summed E-state index contributed by atoms with van der Waals surface area (Å²) in [7, 11) is 0. The molecule has 0 unspecified atom stereocenters. The fourth-order valence-corrected chi connectivity index (χ4v) is 2.47. The zero-order chi connectivity index (χ0) is 16.8. The van der Waals surface area contributed by atoms with Gasteiger partial charge in [0, 0.05) is 11.1 Å². The third kappa shape index (κ3) is 4.04. The maximum Gasteiger partial charge on any atom is 0.193 e. The van der Waals surface area contributed by atoms with E-state index in [1.54, 1.807) is 0 Å². The van der Waals surface area contributed by atoms with Crippen LogP contribution in [0.2, 0.25) is 0 Å². The molecule has 0 saturated heterocycles. The average Bonchev–Trinajstić information content (AvgIpc) is 2.61. The first-order chi connectivity index (χ1) is 11.7. The van der Waals surface area contributed by atoms with Gasteiger partial charge in [0.25, 0.3) is 0 Å². The van der Waals surface area contributed by atoms with Crippen LogP contribution in [0.1, 0.15) is 5.56 Å². The SMILES string of the molecule is Cc1ccc(NC(N)=NCCOc2cccc3ccccc23)cc1. The van der Waals surface area contributed by atoms with E-state index in [1.807, 2.05) is 55.5 Å². The number of nitrogens with zero attached hydrogens (tertiary/aromatic N) is 1. The first-order valence-electron chi connectivity index (χ1n) is 7.96. The molecule has 3 N–H and O–H groups in total. The molecule has 0 amide bonds. The highest BCUT2D eigenvalue weighted by Crippen LogP contribution is 2.24. The van der Waals surface area contributed by atoms with E-state index in [1.165, 1.54) is 10.9 Å². The Balaban J connectivity index is 1.55. The summed E-state index contributed by atoms with van der Waals surface area (Å²) in [5.41, 5.74) is 8.03. The van der Waals surface area contributed by atoms with Crippen LogP contribution in [0.15, 0.2) is 71.7 Å². The number of aliphatic imine (C=N–C) groups is 1. The summed E-state index contributed by atoms with van der Waals surface area (Å²) in [6.07, 6.45) is 0. The molecule has 122 valence electrons. The third-order valence-corrected chi connectivity index (χ3v) is 3.70. The lowest BCUT2D eigenvalue weighted by Crippen LogP contribution is -2.23. The number of hydrogen-bond acceptors (Lipinski definition) is 2. The van der Waals surface area contributed by atoms with Gasteiger partial charge in [-0.15, -0.1) is 0 Å². The predicted octanol–water partition coefficient (Wildman–Crippen LogP) is 3.95. The lowest BCUT2D eigenvalue weighted by molar-refractivity contribution is 0.332. The van der Waals surface area contributed by atoms with Crippen molar-refractivity contribution in [2.75, 3.05) is 18.5 Å². The van der Waals surface area contributed by atoms with Gasteiger partial charge >= 0.3 is 0 Å². The third-order valence-electron chi connectivity index (χ3n) is 3.70. The van der Waals surface area contributed by atoms with Crippen molar-refractivity contribution >= 4 is 22.4 Å². The second-order valence-corrected chi connectivity index (χ2v) is 5.58. The van der Waals surface area contributed by atoms with Gasteiger partial charge in [0.1, 0.15) is 12.4 Å². The van der Waals surface area contributed by atoms with E-state index in [0.717, 1.165) is 16.8 Å². The summed E-state index contributed by atoms with van der Waals surface area (Å²) < 4.78 is 5.85. The summed E-state index contributed by atoms with van der Waals surface area (Å²) >= 11 is 0. The van der Waals surface area contributed by atoms with E-state index >= 15 is 0 Å². The Morgan fingerprint density at radius 1 is 1.00 bits per heavy atom. The molecule has 0 fully saturated rings. The second kappa shape index (κ2) is 7.51. The summed E-state index contributed by atoms with van der Waals surface area (Å²) in [5.74, 6) is 1.26. The van der Waals surface area contributed by atoms with Crippen molar-refractivity contribution in [3.05, 3.63) is 72.3 Å². The number of benzene rings is 3. The minimum absolute atomic E-state index is 0.389. The Morgan fingerprint density at radius 3 is 2.58 bits per heavy atom. The van der Waals surface area contributed by atoms with E-state index in [9.17, 15) is 0 Å². The molecule has 0 heterocycles. The van der Waals surface area contributed by atoms with Crippen molar-refractivity contribution in [1.82, 2.24) is 0 Å². The Bertz CT molecular complexity index is 836. The van der Waals surface area contributed by atoms with Gasteiger partial charge in [-0.05, 0) is 30.5 Å². The first kappa shape index (κ1) is 15.9. The first-order valence-corrected chi connectivity index (χ1v) is 7.96. The zero-order valence-corrected chi connectivity index (χ0v) is 13.7. The number of nitrogens with two attached hydrogens (primary N) is 1. The average molecular weight is 319 g/mol. The molecule has 3 aromatic carbocycles. The molecule has 0 radical (unpaired) electrons. The van der Waals surface area contributed by atoms with Crippen LogP contribution < -0.4 is 15.8 Å². The van der Waals surface area contributed by atoms with Gasteiger partial charge in [0.2, 0.25) is 0 Å². The standard InChI is InChI=1S/C20H21N3O/c1-15-9-11-17(12-10-15)23-20(21)22-13-14-24-19-8-4-6-16-5-2-3-7-18(16)19/h2-12H,13-14H2,1H3,(H3,21,22,23). The summed E-state index contributed by atoms with van der Waals surface area (Å²) in [6.45, 7) is 3.02. The minimum Gasteiger partial charge on any atom is -0.491 e. The lowest BCUT2D eigenvalue weighted by Gasteiger charge is -2.09. The number of nitrogens with one attached hydrogen (secondary N) is 1. The smallest absolute Gasteiger partial charge is 0.193 e. The molecule has 0 aliphatic carbocycles. The molecular weight excluding hydrogens is 298 g/mol. The maximum atomic E-state index is 5.90. The van der Waals surface area contributed by atoms with Crippen LogP contribution in [0.5, 0.6) is 5.75 Å². The molecule has 0 saturated carbocycles. The summed E-state index contributed by atoms with van der Waals surface area (Å²) in [5, 5.41) is 5.34. The van der Waals surface area contributed by atoms with Crippen molar-refractivity contribution in [3.8, 4) is 5.75 Å². The number of anilines is 1. The van der Waals surface area contributed by atoms with Crippen molar-refractivity contribution in [2.24, 2.45) is 10.7 Å². The maximum absolute atomic E-state index is 5.90. The predicted molar refractivity (Wildman–Crippen MR) is 101 cm³/mol. The van der Waals surface area contributed by atoms with E-state index in [2.05, 4.69) is 28.5 Å². The largest absolute Gasteiger partial charge is 0.491 e. The molecule has 4 heteroatoms. The lowest BCUT2D eigenvalue weighted by atomic mass is 10.1. The molecule has 0 aliphatic heterocycles. The Kier molecular flexibility index (Phi) is 4.96. The highest BCUT2D eigenvalue weighted by atomic mass is 16.5. The zero-order valence-electron chi connectivity index (χ0n) is 13.7. The van der Waals surface area contributed by atoms with E-state index in [0.29, 0.717) is 19.1 Å². The monoisotopic (exact) mass is 319 g/mol. The number of hydrogen-bond donors (Lipinski definition) is 2. The van der Waals surface area contributed by atoms with Crippen molar-refractivity contribution in [2.45, 2.75) is 6.92 Å². The summed E-state index contributed by atoms with van der Waals surface area (Å²) in [4.78, 5) is 4.30. The number of rotatable bonds is 5. The van der Waals surface area contributed by atoms with E-state index in [4.69, 9.17) is 10.5 Å². The molecule has 0 bridgehead atoms. The number of aryl methyl sites for hydroxylation is 1. The van der Waals surface area contributed by atoms with Gasteiger partial charge in [-0.1, -0.05) is 54.1 Å². The van der Waals surface area contributed by atoms with Crippen LogP contribution >= 0.6 is 0 Å². The van der Waals surface area contributed by atoms with Gasteiger partial charge in [0.05, 0.1) is 6.54 Å². The van der Waals surface area contributed by atoms with Crippen LogP contribution in [0.4, 0.5) is 5.69 Å². The molecule has 0 spiro atoms. The van der Waals surface area contributed by atoms with Gasteiger partial charge in [-0.25, -0.2) is 4.99 Å². The van der Waals surface area contributed by atoms with Crippen LogP contribution in [-0.4, -0.2) is 19.1 Å². The molecule has 24 heavy (non-hydrogen) atoms. The Labute approximate surface area is 142 Å². The van der Waals surface area contributed by atoms with Crippen molar-refractivity contribution < 1.29 is 4.74 Å². The molecule has 3 aromatic rings.